The molecule has 0 aromatic heterocycles. The molecular formula is C12H23NO. The summed E-state index contributed by atoms with van der Waals surface area (Å²) in [6, 6.07) is 0. The van der Waals surface area contributed by atoms with E-state index in [1.807, 2.05) is 4.90 Å². The molecule has 0 unspecified atom stereocenters. The van der Waals surface area contributed by atoms with Gasteiger partial charge in [-0.1, -0.05) is 27.7 Å². The Morgan fingerprint density at radius 2 is 1.79 bits per heavy atom. The molecule has 1 saturated heterocycles. The monoisotopic (exact) mass is 197 g/mol. The number of likely N-dealkylation sites (tertiary alicyclic amines) is 1. The molecule has 1 heterocycles. The summed E-state index contributed by atoms with van der Waals surface area (Å²) in [6.07, 6.45) is 3.03. The molecule has 0 radical (unpaired) electrons. The van der Waals surface area contributed by atoms with Gasteiger partial charge in [-0.15, -0.1) is 0 Å². The maximum Gasteiger partial charge on any atom is 0.223 e. The van der Waals surface area contributed by atoms with Gasteiger partial charge in [0.25, 0.3) is 0 Å². The van der Waals surface area contributed by atoms with E-state index < -0.39 is 0 Å². The number of carbonyl (C=O) groups is 1. The predicted molar refractivity (Wildman–Crippen MR) is 59.1 cm³/mol. The quantitative estimate of drug-likeness (QED) is 0.633. The molecule has 1 fully saturated rings. The molecule has 0 N–H and O–H groups in total. The van der Waals surface area contributed by atoms with Crippen LogP contribution in [0.2, 0.25) is 0 Å². The van der Waals surface area contributed by atoms with Gasteiger partial charge in [0, 0.05) is 19.5 Å². The summed E-state index contributed by atoms with van der Waals surface area (Å²) in [4.78, 5) is 13.9. The fraction of sp³-hybridized carbons (Fsp3) is 0.917. The first-order valence-electron chi connectivity index (χ1n) is 5.66. The van der Waals surface area contributed by atoms with E-state index in [1.54, 1.807) is 0 Å². The van der Waals surface area contributed by atoms with Crippen molar-refractivity contribution in [1.82, 2.24) is 4.90 Å². The Hall–Kier alpha value is -0.530. The standard InChI is InChI=1S/C12H23NO/c1-10-5-7-13(8-6-10)11(14)9-12(2,3)4/h10H,5-9H2,1-4H3. The minimum atomic E-state index is 0.125. The third-order valence-corrected chi connectivity index (χ3v) is 2.82. The van der Waals surface area contributed by atoms with E-state index in [4.69, 9.17) is 0 Å². The molecule has 0 spiro atoms. The Bertz CT molecular complexity index is 197. The first-order chi connectivity index (χ1) is 6.38. The fourth-order valence-electron chi connectivity index (χ4n) is 1.82. The number of hydrogen-bond acceptors (Lipinski definition) is 1. The zero-order valence-electron chi connectivity index (χ0n) is 9.97. The van der Waals surface area contributed by atoms with Crippen LogP contribution >= 0.6 is 0 Å². The first kappa shape index (κ1) is 11.5. The normalized spacial score (nSPS) is 19.9. The van der Waals surface area contributed by atoms with E-state index in [2.05, 4.69) is 27.7 Å². The van der Waals surface area contributed by atoms with Crippen LogP contribution in [0, 0.1) is 11.3 Å². The van der Waals surface area contributed by atoms with Crippen LogP contribution in [0.4, 0.5) is 0 Å². The van der Waals surface area contributed by atoms with Crippen LogP contribution in [0.5, 0.6) is 0 Å². The highest BCUT2D eigenvalue weighted by atomic mass is 16.2. The van der Waals surface area contributed by atoms with Crippen LogP contribution in [-0.4, -0.2) is 23.9 Å². The Labute approximate surface area is 87.7 Å². The van der Waals surface area contributed by atoms with Crippen molar-refractivity contribution in [2.24, 2.45) is 11.3 Å². The van der Waals surface area contributed by atoms with Gasteiger partial charge in [-0.25, -0.2) is 0 Å². The predicted octanol–water partition coefficient (Wildman–Crippen LogP) is 2.68. The molecule has 2 heteroatoms. The second kappa shape index (κ2) is 4.33. The highest BCUT2D eigenvalue weighted by Gasteiger charge is 2.24. The molecule has 1 amide bonds. The Kier molecular flexibility index (Phi) is 3.57. The SMILES string of the molecule is CC1CCN(C(=O)CC(C)(C)C)CC1. The van der Waals surface area contributed by atoms with E-state index in [0.717, 1.165) is 19.0 Å². The average Bonchev–Trinajstić information content (AvgIpc) is 2.02. The fourth-order valence-corrected chi connectivity index (χ4v) is 1.82. The number of hydrogen-bond donors (Lipinski definition) is 0. The van der Waals surface area contributed by atoms with E-state index in [1.165, 1.54) is 12.8 Å². The maximum absolute atomic E-state index is 11.8. The third kappa shape index (κ3) is 3.69. The van der Waals surface area contributed by atoms with Gasteiger partial charge in [0.15, 0.2) is 0 Å². The second-order valence-corrected chi connectivity index (χ2v) is 5.80. The highest BCUT2D eigenvalue weighted by molar-refractivity contribution is 5.76. The summed E-state index contributed by atoms with van der Waals surface area (Å²) in [7, 11) is 0. The van der Waals surface area contributed by atoms with E-state index in [0.29, 0.717) is 12.3 Å². The zero-order valence-corrected chi connectivity index (χ0v) is 9.97. The number of piperidine rings is 1. The minimum absolute atomic E-state index is 0.125. The van der Waals surface area contributed by atoms with Gasteiger partial charge in [0.1, 0.15) is 0 Å². The zero-order chi connectivity index (χ0) is 10.8. The first-order valence-corrected chi connectivity index (χ1v) is 5.66. The topological polar surface area (TPSA) is 20.3 Å². The second-order valence-electron chi connectivity index (χ2n) is 5.80. The Morgan fingerprint density at radius 3 is 2.21 bits per heavy atom. The lowest BCUT2D eigenvalue weighted by molar-refractivity contribution is -0.134. The van der Waals surface area contributed by atoms with Crippen molar-refractivity contribution in [3.63, 3.8) is 0 Å². The van der Waals surface area contributed by atoms with Crippen molar-refractivity contribution >= 4 is 5.91 Å². The molecule has 1 aliphatic rings. The van der Waals surface area contributed by atoms with Crippen LogP contribution < -0.4 is 0 Å². The van der Waals surface area contributed by atoms with E-state index in [-0.39, 0.29) is 5.41 Å². The molecule has 82 valence electrons. The van der Waals surface area contributed by atoms with Crippen LogP contribution in [0.3, 0.4) is 0 Å². The van der Waals surface area contributed by atoms with Gasteiger partial charge < -0.3 is 4.90 Å². The largest absolute Gasteiger partial charge is 0.343 e. The maximum atomic E-state index is 11.8. The Morgan fingerprint density at radius 1 is 1.29 bits per heavy atom. The van der Waals surface area contributed by atoms with Crippen molar-refractivity contribution in [3.05, 3.63) is 0 Å². The van der Waals surface area contributed by atoms with Crippen LogP contribution in [0.15, 0.2) is 0 Å². The molecule has 0 aromatic rings. The van der Waals surface area contributed by atoms with E-state index >= 15 is 0 Å². The molecule has 1 aliphatic heterocycles. The summed E-state index contributed by atoms with van der Waals surface area (Å²) in [6.45, 7) is 10.6. The number of amides is 1. The molecule has 2 nitrogen and oxygen atoms in total. The number of rotatable bonds is 1. The van der Waals surface area contributed by atoms with Gasteiger partial charge in [-0.05, 0) is 24.2 Å². The van der Waals surface area contributed by atoms with E-state index in [9.17, 15) is 4.79 Å². The summed E-state index contributed by atoms with van der Waals surface area (Å²) < 4.78 is 0. The molecular weight excluding hydrogens is 174 g/mol. The lowest BCUT2D eigenvalue weighted by atomic mass is 9.90. The van der Waals surface area contributed by atoms with Gasteiger partial charge in [0.05, 0.1) is 0 Å². The smallest absolute Gasteiger partial charge is 0.223 e. The Balaban J connectivity index is 2.38. The highest BCUT2D eigenvalue weighted by Crippen LogP contribution is 2.22. The number of carbonyl (C=O) groups excluding carboxylic acids is 1. The lowest BCUT2D eigenvalue weighted by Crippen LogP contribution is -2.39. The summed E-state index contributed by atoms with van der Waals surface area (Å²) in [5.41, 5.74) is 0.125. The number of nitrogens with zero attached hydrogens (tertiary/aromatic N) is 1. The van der Waals surface area contributed by atoms with Crippen LogP contribution in [0.25, 0.3) is 0 Å². The van der Waals surface area contributed by atoms with Gasteiger partial charge in [-0.3, -0.25) is 4.79 Å². The van der Waals surface area contributed by atoms with Gasteiger partial charge >= 0.3 is 0 Å². The average molecular weight is 197 g/mol. The molecule has 0 bridgehead atoms. The van der Waals surface area contributed by atoms with Crippen molar-refractivity contribution in [3.8, 4) is 0 Å². The summed E-state index contributed by atoms with van der Waals surface area (Å²) >= 11 is 0. The molecule has 0 aromatic carbocycles. The van der Waals surface area contributed by atoms with Crippen LogP contribution in [-0.2, 0) is 4.79 Å². The summed E-state index contributed by atoms with van der Waals surface area (Å²) in [5.74, 6) is 1.14. The molecule has 0 saturated carbocycles. The molecule has 1 rings (SSSR count). The van der Waals surface area contributed by atoms with Gasteiger partial charge in [-0.2, -0.15) is 0 Å². The van der Waals surface area contributed by atoms with Crippen molar-refractivity contribution in [1.29, 1.82) is 0 Å². The summed E-state index contributed by atoms with van der Waals surface area (Å²) in [5, 5.41) is 0. The molecule has 0 aliphatic carbocycles. The van der Waals surface area contributed by atoms with Crippen LogP contribution in [0.1, 0.15) is 47.0 Å². The minimum Gasteiger partial charge on any atom is -0.343 e. The molecule has 14 heavy (non-hydrogen) atoms. The van der Waals surface area contributed by atoms with Gasteiger partial charge in [0.2, 0.25) is 5.91 Å². The lowest BCUT2D eigenvalue weighted by Gasteiger charge is -2.32. The molecule has 0 atom stereocenters. The third-order valence-electron chi connectivity index (χ3n) is 2.82. The van der Waals surface area contributed by atoms with Crippen molar-refractivity contribution in [2.45, 2.75) is 47.0 Å². The van der Waals surface area contributed by atoms with Crippen molar-refractivity contribution < 1.29 is 4.79 Å². The van der Waals surface area contributed by atoms with Crippen molar-refractivity contribution in [2.75, 3.05) is 13.1 Å².